The number of primary amides is 1. The number of hydrogen-bond acceptors (Lipinski definition) is 2. The molecule has 3 N–H and O–H groups in total. The highest BCUT2D eigenvalue weighted by molar-refractivity contribution is 5.81. The minimum atomic E-state index is -4.13. The Balaban J connectivity index is 2.17. The maximum Gasteiger partial charge on any atom is 0.389 e. The van der Waals surface area contributed by atoms with Crippen LogP contribution in [0.4, 0.5) is 13.2 Å². The van der Waals surface area contributed by atoms with E-state index in [4.69, 9.17) is 5.73 Å². The van der Waals surface area contributed by atoms with Crippen LogP contribution in [0.15, 0.2) is 0 Å². The average Bonchev–Trinajstić information content (AvgIpc) is 1.92. The van der Waals surface area contributed by atoms with Crippen LogP contribution in [-0.4, -0.2) is 24.7 Å². The second-order valence-electron chi connectivity index (χ2n) is 3.34. The van der Waals surface area contributed by atoms with Gasteiger partial charge in [0.2, 0.25) is 5.91 Å². The van der Waals surface area contributed by atoms with Crippen LogP contribution in [0.1, 0.15) is 12.8 Å². The topological polar surface area (TPSA) is 55.1 Å². The van der Waals surface area contributed by atoms with E-state index in [-0.39, 0.29) is 12.3 Å². The molecule has 1 amide bonds. The fourth-order valence-corrected chi connectivity index (χ4v) is 1.36. The molecule has 0 aromatic carbocycles. The monoisotopic (exact) mass is 209 g/mol. The molecule has 1 saturated heterocycles. The Hall–Kier alpha value is -0.780. The van der Waals surface area contributed by atoms with Crippen molar-refractivity contribution in [3.8, 4) is 0 Å². The molecule has 0 spiro atoms. The third-order valence-corrected chi connectivity index (χ3v) is 2.21. The van der Waals surface area contributed by atoms with E-state index in [1.807, 2.05) is 0 Å². The Morgan fingerprint density at radius 2 is 2.21 bits per heavy atom. The molecule has 6 heteroatoms. The van der Waals surface area contributed by atoms with Crippen molar-refractivity contribution < 1.29 is 18.0 Å². The van der Waals surface area contributed by atoms with Gasteiger partial charge in [-0.25, -0.2) is 0 Å². The molecule has 81 valence electrons. The van der Waals surface area contributed by atoms with Gasteiger partial charge in [-0.2, -0.15) is 13.2 Å². The standard InChI is InChI=1S/C8H12F3N2O/c9-8(10,11)3-1-2-5-4-13-6(5)7(12)14/h2,5-6,13H,1,3-4H2,(H2,12,14). The lowest BCUT2D eigenvalue weighted by atomic mass is 9.86. The van der Waals surface area contributed by atoms with Gasteiger partial charge in [0.05, 0.1) is 6.04 Å². The lowest BCUT2D eigenvalue weighted by Crippen LogP contribution is -2.59. The van der Waals surface area contributed by atoms with Crippen LogP contribution < -0.4 is 11.1 Å². The maximum absolute atomic E-state index is 11.8. The predicted molar refractivity (Wildman–Crippen MR) is 44.1 cm³/mol. The highest BCUT2D eigenvalue weighted by atomic mass is 19.4. The van der Waals surface area contributed by atoms with Gasteiger partial charge in [0, 0.05) is 13.0 Å². The number of nitrogens with two attached hydrogens (primary N) is 1. The van der Waals surface area contributed by atoms with E-state index in [1.165, 1.54) is 6.42 Å². The molecule has 2 unspecified atom stereocenters. The van der Waals surface area contributed by atoms with E-state index in [0.29, 0.717) is 6.54 Å². The van der Waals surface area contributed by atoms with Gasteiger partial charge in [-0.15, -0.1) is 0 Å². The van der Waals surface area contributed by atoms with Crippen LogP contribution in [0, 0.1) is 12.3 Å². The third-order valence-electron chi connectivity index (χ3n) is 2.21. The second-order valence-corrected chi connectivity index (χ2v) is 3.34. The summed E-state index contributed by atoms with van der Waals surface area (Å²) in [5.74, 6) is -0.653. The van der Waals surface area contributed by atoms with Gasteiger partial charge in [0.15, 0.2) is 0 Å². The smallest absolute Gasteiger partial charge is 0.368 e. The van der Waals surface area contributed by atoms with Crippen LogP contribution >= 0.6 is 0 Å². The molecule has 1 radical (unpaired) electrons. The molecule has 2 atom stereocenters. The van der Waals surface area contributed by atoms with Crippen molar-refractivity contribution in [2.75, 3.05) is 6.54 Å². The molecule has 1 fully saturated rings. The zero-order valence-corrected chi connectivity index (χ0v) is 7.47. The lowest BCUT2D eigenvalue weighted by molar-refractivity contribution is -0.134. The Kier molecular flexibility index (Phi) is 3.36. The van der Waals surface area contributed by atoms with Crippen molar-refractivity contribution in [3.63, 3.8) is 0 Å². The first-order chi connectivity index (χ1) is 6.40. The molecule has 14 heavy (non-hydrogen) atoms. The van der Waals surface area contributed by atoms with Crippen molar-refractivity contribution >= 4 is 5.91 Å². The van der Waals surface area contributed by atoms with E-state index in [9.17, 15) is 18.0 Å². The predicted octanol–water partition coefficient (Wildman–Crippen LogP) is 0.606. The third kappa shape index (κ3) is 3.17. The fraction of sp³-hybridized carbons (Fsp3) is 0.750. The van der Waals surface area contributed by atoms with Gasteiger partial charge < -0.3 is 11.1 Å². The molecule has 0 saturated carbocycles. The summed E-state index contributed by atoms with van der Waals surface area (Å²) < 4.78 is 35.3. The Bertz CT molecular complexity index is 217. The van der Waals surface area contributed by atoms with Gasteiger partial charge in [-0.1, -0.05) is 0 Å². The number of hydrogen-bond donors (Lipinski definition) is 2. The van der Waals surface area contributed by atoms with Crippen molar-refractivity contribution in [3.05, 3.63) is 6.42 Å². The first kappa shape index (κ1) is 11.3. The summed E-state index contributed by atoms with van der Waals surface area (Å²) in [6.45, 7) is 0.533. The van der Waals surface area contributed by atoms with Gasteiger partial charge in [-0.05, 0) is 18.8 Å². The maximum atomic E-state index is 11.8. The highest BCUT2D eigenvalue weighted by Gasteiger charge is 2.35. The molecule has 3 nitrogen and oxygen atoms in total. The number of carbonyl (C=O) groups is 1. The summed E-state index contributed by atoms with van der Waals surface area (Å²) in [4.78, 5) is 10.7. The summed E-state index contributed by atoms with van der Waals surface area (Å²) >= 11 is 0. The van der Waals surface area contributed by atoms with Gasteiger partial charge in [-0.3, -0.25) is 4.79 Å². The summed E-state index contributed by atoms with van der Waals surface area (Å²) in [7, 11) is 0. The number of carbonyl (C=O) groups excluding carboxylic acids is 1. The zero-order valence-electron chi connectivity index (χ0n) is 7.47. The minimum absolute atomic E-state index is 0.0559. The summed E-state index contributed by atoms with van der Waals surface area (Å²) in [5, 5.41) is 2.76. The van der Waals surface area contributed by atoms with Gasteiger partial charge in [0.25, 0.3) is 0 Å². The van der Waals surface area contributed by atoms with E-state index in [0.717, 1.165) is 0 Å². The van der Waals surface area contributed by atoms with Crippen molar-refractivity contribution in [2.24, 2.45) is 11.7 Å². The number of halogens is 3. The van der Waals surface area contributed by atoms with Crippen LogP contribution in [0.5, 0.6) is 0 Å². The van der Waals surface area contributed by atoms with E-state index < -0.39 is 24.5 Å². The number of amides is 1. The van der Waals surface area contributed by atoms with E-state index in [1.54, 1.807) is 0 Å². The van der Waals surface area contributed by atoms with Crippen LogP contribution in [0.2, 0.25) is 0 Å². The summed E-state index contributed by atoms with van der Waals surface area (Å²) in [6, 6.07) is -0.483. The normalized spacial score (nSPS) is 27.1. The molecule has 1 rings (SSSR count). The Morgan fingerprint density at radius 3 is 2.57 bits per heavy atom. The molecule has 1 aliphatic rings. The zero-order chi connectivity index (χ0) is 10.8. The number of alkyl halides is 3. The fourth-order valence-electron chi connectivity index (χ4n) is 1.36. The van der Waals surface area contributed by atoms with Gasteiger partial charge in [0.1, 0.15) is 0 Å². The summed E-state index contributed by atoms with van der Waals surface area (Å²) in [6.07, 6.45) is -3.51. The molecular weight excluding hydrogens is 197 g/mol. The number of rotatable bonds is 4. The second kappa shape index (κ2) is 4.16. The molecule has 1 heterocycles. The molecular formula is C8H12F3N2O. The van der Waals surface area contributed by atoms with Crippen LogP contribution in [0.25, 0.3) is 0 Å². The number of nitrogens with one attached hydrogen (secondary N) is 1. The van der Waals surface area contributed by atoms with Crippen LogP contribution in [0.3, 0.4) is 0 Å². The quantitative estimate of drug-likeness (QED) is 0.712. The van der Waals surface area contributed by atoms with Crippen LogP contribution in [-0.2, 0) is 4.79 Å². The highest BCUT2D eigenvalue weighted by Crippen LogP contribution is 2.25. The Labute approximate surface area is 79.8 Å². The van der Waals surface area contributed by atoms with Gasteiger partial charge >= 0.3 is 6.18 Å². The van der Waals surface area contributed by atoms with Crippen molar-refractivity contribution in [1.29, 1.82) is 0 Å². The average molecular weight is 209 g/mol. The van der Waals surface area contributed by atoms with Crippen molar-refractivity contribution in [1.82, 2.24) is 5.32 Å². The first-order valence-corrected chi connectivity index (χ1v) is 4.33. The summed E-state index contributed by atoms with van der Waals surface area (Å²) in [5.41, 5.74) is 5.00. The molecule has 0 aliphatic carbocycles. The minimum Gasteiger partial charge on any atom is -0.368 e. The first-order valence-electron chi connectivity index (χ1n) is 4.33. The molecule has 0 bridgehead atoms. The lowest BCUT2D eigenvalue weighted by Gasteiger charge is -2.35. The Morgan fingerprint density at radius 1 is 1.57 bits per heavy atom. The van der Waals surface area contributed by atoms with E-state index >= 15 is 0 Å². The largest absolute Gasteiger partial charge is 0.389 e. The molecule has 0 aromatic rings. The molecule has 1 aliphatic heterocycles. The van der Waals surface area contributed by atoms with Crippen molar-refractivity contribution in [2.45, 2.75) is 25.1 Å². The van der Waals surface area contributed by atoms with E-state index in [2.05, 4.69) is 5.32 Å². The molecule has 0 aromatic heterocycles. The SMILES string of the molecule is NC(=O)C1NCC1[CH]CCC(F)(F)F.